The SMILES string of the molecule is CCC(C)CC(=O)Nc1c(C)cc(S(N)(=O)=O)cc1Cl. The molecule has 0 heterocycles. The topological polar surface area (TPSA) is 89.3 Å². The van der Waals surface area contributed by atoms with E-state index in [4.69, 9.17) is 16.7 Å². The molecule has 3 N–H and O–H groups in total. The van der Waals surface area contributed by atoms with Crippen LogP contribution in [0, 0.1) is 12.8 Å². The van der Waals surface area contributed by atoms with Crippen molar-refractivity contribution in [2.75, 3.05) is 5.32 Å². The molecule has 0 aliphatic rings. The first-order chi connectivity index (χ1) is 9.15. The van der Waals surface area contributed by atoms with Crippen LogP contribution in [0.4, 0.5) is 5.69 Å². The van der Waals surface area contributed by atoms with Crippen molar-refractivity contribution in [2.45, 2.75) is 38.5 Å². The smallest absolute Gasteiger partial charge is 0.238 e. The Labute approximate surface area is 124 Å². The first-order valence-electron chi connectivity index (χ1n) is 6.28. The summed E-state index contributed by atoms with van der Waals surface area (Å²) < 4.78 is 22.6. The van der Waals surface area contributed by atoms with Gasteiger partial charge in [0.05, 0.1) is 15.6 Å². The van der Waals surface area contributed by atoms with Gasteiger partial charge in [0.25, 0.3) is 0 Å². The molecular weight excluding hydrogens is 300 g/mol. The van der Waals surface area contributed by atoms with Gasteiger partial charge in [0.2, 0.25) is 15.9 Å². The molecule has 1 aromatic rings. The van der Waals surface area contributed by atoms with E-state index in [0.717, 1.165) is 6.42 Å². The van der Waals surface area contributed by atoms with Gasteiger partial charge in [-0.15, -0.1) is 0 Å². The quantitative estimate of drug-likeness (QED) is 0.874. The summed E-state index contributed by atoms with van der Waals surface area (Å²) in [7, 11) is -3.81. The van der Waals surface area contributed by atoms with Gasteiger partial charge < -0.3 is 5.32 Å². The molecule has 0 aliphatic heterocycles. The minimum absolute atomic E-state index is 0.0695. The van der Waals surface area contributed by atoms with E-state index in [1.807, 2.05) is 13.8 Å². The molecule has 1 atom stereocenters. The summed E-state index contributed by atoms with van der Waals surface area (Å²) in [6, 6.07) is 2.63. The van der Waals surface area contributed by atoms with Crippen LogP contribution in [0.5, 0.6) is 0 Å². The third-order valence-electron chi connectivity index (χ3n) is 3.08. The Morgan fingerprint density at radius 1 is 1.45 bits per heavy atom. The number of hydrogen-bond acceptors (Lipinski definition) is 3. The van der Waals surface area contributed by atoms with Gasteiger partial charge in [-0.1, -0.05) is 31.9 Å². The van der Waals surface area contributed by atoms with Gasteiger partial charge in [0.15, 0.2) is 0 Å². The summed E-state index contributed by atoms with van der Waals surface area (Å²) >= 11 is 6.02. The number of aryl methyl sites for hydroxylation is 1. The largest absolute Gasteiger partial charge is 0.325 e. The molecule has 5 nitrogen and oxygen atoms in total. The number of sulfonamides is 1. The third-order valence-corrected chi connectivity index (χ3v) is 4.28. The Bertz CT molecular complexity index is 591. The minimum Gasteiger partial charge on any atom is -0.325 e. The summed E-state index contributed by atoms with van der Waals surface area (Å²) in [6.45, 7) is 5.66. The molecule has 0 aromatic heterocycles. The summed E-state index contributed by atoms with van der Waals surface area (Å²) in [6.07, 6.45) is 1.30. The maximum Gasteiger partial charge on any atom is 0.238 e. The van der Waals surface area contributed by atoms with Crippen LogP contribution in [0.2, 0.25) is 5.02 Å². The van der Waals surface area contributed by atoms with E-state index in [1.165, 1.54) is 12.1 Å². The molecule has 1 rings (SSSR count). The standard InChI is InChI=1S/C13H19ClN2O3S/c1-4-8(2)5-12(17)16-13-9(3)6-10(7-11(13)14)20(15,18)19/h6-8H,4-5H2,1-3H3,(H,16,17)(H2,15,18,19). The summed E-state index contributed by atoms with van der Waals surface area (Å²) in [5.74, 6) is 0.130. The Morgan fingerprint density at radius 3 is 2.50 bits per heavy atom. The molecule has 0 saturated carbocycles. The second kappa shape index (κ2) is 6.56. The number of carbonyl (C=O) groups is 1. The van der Waals surface area contributed by atoms with Crippen LogP contribution >= 0.6 is 11.6 Å². The highest BCUT2D eigenvalue weighted by Gasteiger charge is 2.16. The first-order valence-corrected chi connectivity index (χ1v) is 8.20. The molecule has 7 heteroatoms. The van der Waals surface area contributed by atoms with Crippen LogP contribution in [0.15, 0.2) is 17.0 Å². The highest BCUT2D eigenvalue weighted by molar-refractivity contribution is 7.89. The normalized spacial score (nSPS) is 13.1. The summed E-state index contributed by atoms with van der Waals surface area (Å²) in [5.41, 5.74) is 0.978. The Morgan fingerprint density at radius 2 is 2.05 bits per heavy atom. The average molecular weight is 319 g/mol. The van der Waals surface area contributed by atoms with E-state index >= 15 is 0 Å². The maximum absolute atomic E-state index is 11.9. The Balaban J connectivity index is 3.01. The molecule has 1 unspecified atom stereocenters. The zero-order valence-corrected chi connectivity index (χ0v) is 13.3. The molecule has 0 bridgehead atoms. The van der Waals surface area contributed by atoms with Crippen LogP contribution in [-0.2, 0) is 14.8 Å². The molecular formula is C13H19ClN2O3S. The number of nitrogens with two attached hydrogens (primary N) is 1. The van der Waals surface area contributed by atoms with Crippen molar-refractivity contribution in [3.63, 3.8) is 0 Å². The minimum atomic E-state index is -3.81. The second-order valence-corrected chi connectivity index (χ2v) is 6.88. The monoisotopic (exact) mass is 318 g/mol. The van der Waals surface area contributed by atoms with E-state index in [0.29, 0.717) is 17.7 Å². The van der Waals surface area contributed by atoms with Crippen molar-refractivity contribution >= 4 is 33.2 Å². The average Bonchev–Trinajstić information content (AvgIpc) is 2.32. The fraction of sp³-hybridized carbons (Fsp3) is 0.462. The number of hydrogen-bond donors (Lipinski definition) is 2. The van der Waals surface area contributed by atoms with Gasteiger partial charge in [-0.3, -0.25) is 4.79 Å². The van der Waals surface area contributed by atoms with Gasteiger partial charge in [0, 0.05) is 6.42 Å². The van der Waals surface area contributed by atoms with E-state index in [9.17, 15) is 13.2 Å². The van der Waals surface area contributed by atoms with Crippen molar-refractivity contribution in [2.24, 2.45) is 11.1 Å². The van der Waals surface area contributed by atoms with Crippen LogP contribution in [0.3, 0.4) is 0 Å². The molecule has 1 aromatic carbocycles. The number of halogens is 1. The number of primary sulfonamides is 1. The fourth-order valence-corrected chi connectivity index (χ4v) is 2.69. The maximum atomic E-state index is 11.9. The molecule has 112 valence electrons. The number of anilines is 1. The lowest BCUT2D eigenvalue weighted by molar-refractivity contribution is -0.117. The summed E-state index contributed by atoms with van der Waals surface area (Å²) in [4.78, 5) is 11.8. The summed E-state index contributed by atoms with van der Waals surface area (Å²) in [5, 5.41) is 7.93. The van der Waals surface area contributed by atoms with Crippen molar-refractivity contribution in [3.05, 3.63) is 22.7 Å². The number of benzene rings is 1. The lowest BCUT2D eigenvalue weighted by atomic mass is 10.0. The van der Waals surface area contributed by atoms with Gasteiger partial charge >= 0.3 is 0 Å². The van der Waals surface area contributed by atoms with Gasteiger partial charge in [-0.25, -0.2) is 13.6 Å². The molecule has 0 radical (unpaired) electrons. The number of rotatable bonds is 5. The van der Waals surface area contributed by atoms with Crippen molar-refractivity contribution in [3.8, 4) is 0 Å². The fourth-order valence-electron chi connectivity index (χ4n) is 1.69. The lowest BCUT2D eigenvalue weighted by Crippen LogP contribution is -2.17. The van der Waals surface area contributed by atoms with E-state index in [-0.39, 0.29) is 21.7 Å². The predicted octanol–water partition coefficient (Wildman–Crippen LogP) is 2.67. The highest BCUT2D eigenvalue weighted by atomic mass is 35.5. The van der Waals surface area contributed by atoms with E-state index < -0.39 is 10.0 Å². The van der Waals surface area contributed by atoms with Crippen LogP contribution < -0.4 is 10.5 Å². The highest BCUT2D eigenvalue weighted by Crippen LogP contribution is 2.29. The lowest BCUT2D eigenvalue weighted by Gasteiger charge is -2.13. The number of amides is 1. The molecule has 0 spiro atoms. The second-order valence-electron chi connectivity index (χ2n) is 4.91. The first kappa shape index (κ1) is 16.9. The van der Waals surface area contributed by atoms with Gasteiger partial charge in [-0.2, -0.15) is 0 Å². The predicted molar refractivity (Wildman–Crippen MR) is 80.3 cm³/mol. The molecule has 1 amide bonds. The third kappa shape index (κ3) is 4.47. The van der Waals surface area contributed by atoms with Crippen molar-refractivity contribution in [1.82, 2.24) is 0 Å². The molecule has 20 heavy (non-hydrogen) atoms. The molecule has 0 fully saturated rings. The molecule has 0 saturated heterocycles. The zero-order chi connectivity index (χ0) is 15.5. The van der Waals surface area contributed by atoms with E-state index in [1.54, 1.807) is 6.92 Å². The van der Waals surface area contributed by atoms with E-state index in [2.05, 4.69) is 5.32 Å². The van der Waals surface area contributed by atoms with Crippen molar-refractivity contribution < 1.29 is 13.2 Å². The van der Waals surface area contributed by atoms with Crippen LogP contribution in [-0.4, -0.2) is 14.3 Å². The van der Waals surface area contributed by atoms with Gasteiger partial charge in [0.1, 0.15) is 0 Å². The molecule has 0 aliphatic carbocycles. The zero-order valence-electron chi connectivity index (χ0n) is 11.7. The number of nitrogens with one attached hydrogen (secondary N) is 1. The Kier molecular flexibility index (Phi) is 5.56. The van der Waals surface area contributed by atoms with Crippen LogP contribution in [0.1, 0.15) is 32.3 Å². The van der Waals surface area contributed by atoms with Crippen LogP contribution in [0.25, 0.3) is 0 Å². The number of carbonyl (C=O) groups excluding carboxylic acids is 1. The van der Waals surface area contributed by atoms with Gasteiger partial charge in [-0.05, 0) is 30.5 Å². The van der Waals surface area contributed by atoms with Crippen molar-refractivity contribution in [1.29, 1.82) is 0 Å². The Hall–Kier alpha value is -1.11.